The molecule has 0 aromatic heterocycles. The molecule has 1 aromatic carbocycles. The van der Waals surface area contributed by atoms with Crippen LogP contribution >= 0.6 is 10.7 Å². The molecule has 118 valence electrons. The first-order valence-electron chi connectivity index (χ1n) is 5.53. The third-order valence-electron chi connectivity index (χ3n) is 3.04. The molecule has 2 rings (SSSR count). The summed E-state index contributed by atoms with van der Waals surface area (Å²) in [5.41, 5.74) is -2.43. The molecule has 0 bridgehead atoms. The zero-order valence-corrected chi connectivity index (χ0v) is 12.6. The van der Waals surface area contributed by atoms with Gasteiger partial charge in [-0.2, -0.15) is 17.9 Å². The Morgan fingerprint density at radius 2 is 1.43 bits per heavy atom. The van der Waals surface area contributed by atoms with Crippen LogP contribution in [0.4, 0.5) is 13.2 Å². The third kappa shape index (κ3) is 3.33. The van der Waals surface area contributed by atoms with Gasteiger partial charge in [0.05, 0.1) is 9.79 Å². The van der Waals surface area contributed by atoms with Crippen LogP contribution in [0.25, 0.3) is 0 Å². The van der Waals surface area contributed by atoms with E-state index in [1.54, 1.807) is 4.72 Å². The second-order valence-corrected chi connectivity index (χ2v) is 8.84. The Balaban J connectivity index is 2.29. The number of hydrogen-bond donors (Lipinski definition) is 1. The predicted octanol–water partition coefficient (Wildman–Crippen LogP) is 1.99. The molecule has 0 radical (unpaired) electrons. The van der Waals surface area contributed by atoms with Gasteiger partial charge >= 0.3 is 6.18 Å². The van der Waals surface area contributed by atoms with Gasteiger partial charge in [0, 0.05) is 10.7 Å². The van der Waals surface area contributed by atoms with E-state index in [0.717, 1.165) is 24.3 Å². The maximum atomic E-state index is 12.7. The number of halogens is 4. The summed E-state index contributed by atoms with van der Waals surface area (Å²) in [6, 6.07) is 3.57. The first-order chi connectivity index (χ1) is 9.37. The summed E-state index contributed by atoms with van der Waals surface area (Å²) in [6.45, 7) is 0. The summed E-state index contributed by atoms with van der Waals surface area (Å²) >= 11 is 0. The van der Waals surface area contributed by atoms with Crippen LogP contribution in [0, 0.1) is 0 Å². The molecule has 1 aliphatic carbocycles. The van der Waals surface area contributed by atoms with Crippen molar-refractivity contribution in [3.8, 4) is 0 Å². The SMILES string of the molecule is O=S(=O)(Cl)c1ccc(S(=O)(=O)NC2(C(F)(F)F)CC2)cc1. The van der Waals surface area contributed by atoms with Gasteiger partial charge in [0.2, 0.25) is 10.0 Å². The fourth-order valence-electron chi connectivity index (χ4n) is 1.67. The lowest BCUT2D eigenvalue weighted by Gasteiger charge is -2.20. The van der Waals surface area contributed by atoms with Crippen LogP contribution in [0.1, 0.15) is 12.8 Å². The molecule has 5 nitrogen and oxygen atoms in total. The lowest BCUT2D eigenvalue weighted by Crippen LogP contribution is -2.47. The highest BCUT2D eigenvalue weighted by molar-refractivity contribution is 8.13. The maximum Gasteiger partial charge on any atom is 0.407 e. The van der Waals surface area contributed by atoms with Crippen molar-refractivity contribution in [1.82, 2.24) is 4.72 Å². The quantitative estimate of drug-likeness (QED) is 0.829. The second-order valence-electron chi connectivity index (χ2n) is 4.59. The van der Waals surface area contributed by atoms with Crippen LogP contribution in [0.3, 0.4) is 0 Å². The number of hydrogen-bond acceptors (Lipinski definition) is 4. The Hall–Kier alpha value is -0.840. The van der Waals surface area contributed by atoms with Gasteiger partial charge in [0.1, 0.15) is 5.54 Å². The van der Waals surface area contributed by atoms with E-state index >= 15 is 0 Å². The van der Waals surface area contributed by atoms with Gasteiger partial charge in [-0.25, -0.2) is 16.8 Å². The van der Waals surface area contributed by atoms with Crippen molar-refractivity contribution in [2.75, 3.05) is 0 Å². The van der Waals surface area contributed by atoms with Crippen LogP contribution in [-0.4, -0.2) is 28.6 Å². The lowest BCUT2D eigenvalue weighted by molar-refractivity contribution is -0.160. The highest BCUT2D eigenvalue weighted by Crippen LogP contribution is 2.49. The van der Waals surface area contributed by atoms with Gasteiger partial charge in [-0.05, 0) is 37.1 Å². The smallest absolute Gasteiger partial charge is 0.207 e. The van der Waals surface area contributed by atoms with Crippen LogP contribution in [0.15, 0.2) is 34.1 Å². The fraction of sp³-hybridized carbons (Fsp3) is 0.400. The summed E-state index contributed by atoms with van der Waals surface area (Å²) in [5, 5.41) is 0. The standard InChI is InChI=1S/C10H9ClF3NO4S2/c11-20(16,17)7-1-3-8(4-2-7)21(18,19)15-9(5-6-9)10(12,13)14/h1-4,15H,5-6H2. The average Bonchev–Trinajstić information content (AvgIpc) is 3.08. The number of rotatable bonds is 4. The van der Waals surface area contributed by atoms with Crippen molar-refractivity contribution >= 4 is 29.8 Å². The van der Waals surface area contributed by atoms with Crippen molar-refractivity contribution < 1.29 is 30.0 Å². The molecule has 1 fully saturated rings. The molecule has 1 N–H and O–H groups in total. The fourth-order valence-corrected chi connectivity index (χ4v) is 3.88. The van der Waals surface area contributed by atoms with Crippen molar-refractivity contribution in [3.05, 3.63) is 24.3 Å². The van der Waals surface area contributed by atoms with E-state index in [1.807, 2.05) is 0 Å². The van der Waals surface area contributed by atoms with Gasteiger partial charge < -0.3 is 0 Å². The zero-order chi connectivity index (χ0) is 16.1. The molecule has 0 amide bonds. The molecular weight excluding hydrogens is 355 g/mol. The normalized spacial score (nSPS) is 18.5. The highest BCUT2D eigenvalue weighted by atomic mass is 35.7. The molecule has 21 heavy (non-hydrogen) atoms. The largest absolute Gasteiger partial charge is 0.407 e. The van der Waals surface area contributed by atoms with Crippen molar-refractivity contribution in [2.24, 2.45) is 0 Å². The van der Waals surface area contributed by atoms with Crippen molar-refractivity contribution in [2.45, 2.75) is 34.3 Å². The number of sulfonamides is 1. The predicted molar refractivity (Wildman–Crippen MR) is 67.8 cm³/mol. The molecule has 1 aliphatic rings. The molecule has 0 saturated heterocycles. The summed E-state index contributed by atoms with van der Waals surface area (Å²) < 4.78 is 85.7. The Labute approximate surface area is 123 Å². The molecule has 0 spiro atoms. The molecular formula is C10H9ClF3NO4S2. The maximum absolute atomic E-state index is 12.7. The van der Waals surface area contributed by atoms with E-state index in [0.29, 0.717) is 0 Å². The third-order valence-corrected chi connectivity index (χ3v) is 5.96. The summed E-state index contributed by atoms with van der Waals surface area (Å²) in [7, 11) is -3.38. The molecule has 0 unspecified atom stereocenters. The lowest BCUT2D eigenvalue weighted by atomic mass is 10.3. The average molecular weight is 364 g/mol. The number of benzene rings is 1. The number of nitrogens with one attached hydrogen (secondary N) is 1. The van der Waals surface area contributed by atoms with Gasteiger partial charge in [0.15, 0.2) is 0 Å². The Morgan fingerprint density at radius 3 is 1.76 bits per heavy atom. The van der Waals surface area contributed by atoms with E-state index in [2.05, 4.69) is 0 Å². The van der Waals surface area contributed by atoms with E-state index < -0.39 is 35.7 Å². The Morgan fingerprint density at radius 1 is 1.00 bits per heavy atom. The van der Waals surface area contributed by atoms with Crippen LogP contribution < -0.4 is 4.72 Å². The summed E-state index contributed by atoms with van der Waals surface area (Å²) in [5.74, 6) is 0. The van der Waals surface area contributed by atoms with E-state index in [1.165, 1.54) is 0 Å². The van der Waals surface area contributed by atoms with Crippen LogP contribution in [0.5, 0.6) is 0 Å². The molecule has 1 saturated carbocycles. The van der Waals surface area contributed by atoms with Crippen molar-refractivity contribution in [1.29, 1.82) is 0 Å². The molecule has 1 aromatic rings. The Kier molecular flexibility index (Phi) is 3.80. The Bertz CT molecular complexity index is 752. The first-order valence-corrected chi connectivity index (χ1v) is 9.32. The van der Waals surface area contributed by atoms with Crippen LogP contribution in [0.2, 0.25) is 0 Å². The van der Waals surface area contributed by atoms with Gasteiger partial charge in [0.25, 0.3) is 9.05 Å². The van der Waals surface area contributed by atoms with E-state index in [-0.39, 0.29) is 17.7 Å². The van der Waals surface area contributed by atoms with E-state index in [4.69, 9.17) is 10.7 Å². The minimum absolute atomic E-state index is 0.329. The number of alkyl halides is 3. The molecule has 0 aliphatic heterocycles. The monoisotopic (exact) mass is 363 g/mol. The van der Waals surface area contributed by atoms with Crippen LogP contribution in [-0.2, 0) is 19.1 Å². The first kappa shape index (κ1) is 16.5. The highest BCUT2D eigenvalue weighted by Gasteiger charge is 2.65. The van der Waals surface area contributed by atoms with Crippen molar-refractivity contribution in [3.63, 3.8) is 0 Å². The molecule has 0 heterocycles. The summed E-state index contributed by atoms with van der Waals surface area (Å²) in [4.78, 5) is -0.817. The van der Waals surface area contributed by atoms with E-state index in [9.17, 15) is 30.0 Å². The topological polar surface area (TPSA) is 80.3 Å². The van der Waals surface area contributed by atoms with Gasteiger partial charge in [-0.3, -0.25) is 0 Å². The van der Waals surface area contributed by atoms with Gasteiger partial charge in [-0.1, -0.05) is 0 Å². The zero-order valence-electron chi connectivity index (χ0n) is 10.2. The minimum atomic E-state index is -4.68. The molecule has 0 atom stereocenters. The second kappa shape index (κ2) is 4.83. The minimum Gasteiger partial charge on any atom is -0.207 e. The molecule has 11 heteroatoms. The summed E-state index contributed by atoms with van der Waals surface area (Å²) in [6.07, 6.45) is -5.34. The van der Waals surface area contributed by atoms with Gasteiger partial charge in [-0.15, -0.1) is 0 Å².